The number of methoxy groups -OCH3 is 1. The summed E-state index contributed by atoms with van der Waals surface area (Å²) < 4.78 is 42.4. The van der Waals surface area contributed by atoms with Crippen LogP contribution in [0.5, 0.6) is 0 Å². The average molecular weight is 394 g/mol. The molecule has 0 heterocycles. The summed E-state index contributed by atoms with van der Waals surface area (Å²) >= 11 is 0. The van der Waals surface area contributed by atoms with Crippen LogP contribution in [0.1, 0.15) is 31.8 Å². The molecule has 9 heteroatoms. The van der Waals surface area contributed by atoms with Crippen molar-refractivity contribution >= 4 is 17.8 Å². The number of primary amides is 1. The minimum atomic E-state index is -4.47. The Morgan fingerprint density at radius 3 is 2.21 bits per heavy atom. The zero-order valence-electron chi connectivity index (χ0n) is 14.7. The van der Waals surface area contributed by atoms with Gasteiger partial charge in [-0.2, -0.15) is 13.2 Å². The zero-order chi connectivity index (χ0) is 20.9. The van der Waals surface area contributed by atoms with Crippen molar-refractivity contribution in [2.24, 2.45) is 5.73 Å². The Bertz CT molecular complexity index is 879. The molecule has 0 aliphatic heterocycles. The van der Waals surface area contributed by atoms with E-state index in [-0.39, 0.29) is 17.5 Å². The van der Waals surface area contributed by atoms with E-state index in [1.54, 1.807) is 0 Å². The summed E-state index contributed by atoms with van der Waals surface area (Å²) in [6.07, 6.45) is -4.56. The van der Waals surface area contributed by atoms with Crippen LogP contribution in [0.25, 0.3) is 0 Å². The fourth-order valence-electron chi connectivity index (χ4n) is 2.44. The van der Waals surface area contributed by atoms with Crippen molar-refractivity contribution in [1.29, 1.82) is 0 Å². The maximum Gasteiger partial charge on any atom is 0.416 e. The lowest BCUT2D eigenvalue weighted by Crippen LogP contribution is -2.45. The molecule has 2 rings (SSSR count). The zero-order valence-corrected chi connectivity index (χ0v) is 14.7. The molecule has 3 N–H and O–H groups in total. The van der Waals surface area contributed by atoms with Crippen LogP contribution in [0, 0.1) is 0 Å². The van der Waals surface area contributed by atoms with Crippen molar-refractivity contribution in [3.8, 4) is 0 Å². The second-order valence-electron chi connectivity index (χ2n) is 5.90. The van der Waals surface area contributed by atoms with Gasteiger partial charge in [0.15, 0.2) is 0 Å². The molecule has 2 aromatic carbocycles. The van der Waals surface area contributed by atoms with E-state index in [2.05, 4.69) is 10.1 Å². The molecule has 0 aliphatic carbocycles. The maximum atomic E-state index is 12.6. The van der Waals surface area contributed by atoms with E-state index < -0.39 is 35.6 Å². The van der Waals surface area contributed by atoms with Gasteiger partial charge in [0.05, 0.1) is 18.2 Å². The number of alkyl halides is 3. The quantitative estimate of drug-likeness (QED) is 0.735. The van der Waals surface area contributed by atoms with Gasteiger partial charge in [0.1, 0.15) is 6.04 Å². The van der Waals surface area contributed by atoms with Crippen LogP contribution in [-0.2, 0) is 22.1 Å². The summed E-state index contributed by atoms with van der Waals surface area (Å²) in [5.74, 6) is -2.15. The molecule has 0 radical (unpaired) electrons. The maximum absolute atomic E-state index is 12.6. The number of benzene rings is 2. The Kier molecular flexibility index (Phi) is 6.40. The fourth-order valence-corrected chi connectivity index (χ4v) is 2.44. The first-order valence-electron chi connectivity index (χ1n) is 8.06. The lowest BCUT2D eigenvalue weighted by molar-refractivity contribution is -0.137. The van der Waals surface area contributed by atoms with E-state index in [1.165, 1.54) is 43.5 Å². The summed E-state index contributed by atoms with van der Waals surface area (Å²) in [5.41, 5.74) is 5.11. The van der Waals surface area contributed by atoms with E-state index >= 15 is 0 Å². The van der Waals surface area contributed by atoms with Crippen LogP contribution in [-0.4, -0.2) is 30.9 Å². The van der Waals surface area contributed by atoms with Crippen molar-refractivity contribution in [1.82, 2.24) is 5.32 Å². The van der Waals surface area contributed by atoms with Crippen molar-refractivity contribution < 1.29 is 32.3 Å². The number of esters is 1. The Hall–Kier alpha value is -3.36. The number of hydrogen-bond donors (Lipinski definition) is 2. The molecule has 0 saturated carbocycles. The van der Waals surface area contributed by atoms with Crippen molar-refractivity contribution in [3.05, 3.63) is 70.8 Å². The molecular weight excluding hydrogens is 377 g/mol. The predicted octanol–water partition coefficient (Wildman–Crippen LogP) is 2.32. The van der Waals surface area contributed by atoms with Crippen LogP contribution in [0.3, 0.4) is 0 Å². The van der Waals surface area contributed by atoms with Crippen molar-refractivity contribution in [2.45, 2.75) is 18.6 Å². The molecule has 6 nitrogen and oxygen atoms in total. The van der Waals surface area contributed by atoms with E-state index in [0.29, 0.717) is 5.56 Å². The number of rotatable bonds is 6. The average Bonchev–Trinajstić information content (AvgIpc) is 2.66. The van der Waals surface area contributed by atoms with Gasteiger partial charge in [-0.3, -0.25) is 9.59 Å². The Morgan fingerprint density at radius 1 is 1.07 bits per heavy atom. The van der Waals surface area contributed by atoms with Crippen molar-refractivity contribution in [2.75, 3.05) is 7.11 Å². The van der Waals surface area contributed by atoms with Gasteiger partial charge >= 0.3 is 12.1 Å². The van der Waals surface area contributed by atoms with Gasteiger partial charge in [-0.05, 0) is 35.9 Å². The summed E-state index contributed by atoms with van der Waals surface area (Å²) in [5, 5.41) is 2.42. The van der Waals surface area contributed by atoms with Gasteiger partial charge in [0.25, 0.3) is 5.91 Å². The summed E-state index contributed by atoms with van der Waals surface area (Å²) in [6, 6.07) is 8.68. The molecule has 28 heavy (non-hydrogen) atoms. The van der Waals surface area contributed by atoms with Gasteiger partial charge in [0.2, 0.25) is 5.91 Å². The lowest BCUT2D eigenvalue weighted by atomic mass is 10.0. The van der Waals surface area contributed by atoms with E-state index in [0.717, 1.165) is 12.1 Å². The highest BCUT2D eigenvalue weighted by molar-refractivity contribution is 5.99. The first-order chi connectivity index (χ1) is 13.1. The molecule has 2 amide bonds. The Balaban J connectivity index is 2.14. The van der Waals surface area contributed by atoms with E-state index in [9.17, 15) is 27.6 Å². The van der Waals surface area contributed by atoms with Crippen LogP contribution in [0.2, 0.25) is 0 Å². The SMILES string of the molecule is COC(=O)c1cccc(C(=O)N[C@@H](Cc2ccc(C(F)(F)F)cc2)C(N)=O)c1. The Labute approximate surface area is 158 Å². The van der Waals surface area contributed by atoms with Crippen LogP contribution in [0.4, 0.5) is 13.2 Å². The number of halogens is 3. The summed E-state index contributed by atoms with van der Waals surface area (Å²) in [6.45, 7) is 0. The number of nitrogens with two attached hydrogens (primary N) is 1. The smallest absolute Gasteiger partial charge is 0.416 e. The number of hydrogen-bond acceptors (Lipinski definition) is 4. The number of nitrogens with one attached hydrogen (secondary N) is 1. The van der Waals surface area contributed by atoms with Gasteiger partial charge < -0.3 is 15.8 Å². The molecule has 0 aliphatic rings. The monoisotopic (exact) mass is 394 g/mol. The molecule has 2 aromatic rings. The largest absolute Gasteiger partial charge is 0.465 e. The molecule has 0 fully saturated rings. The minimum Gasteiger partial charge on any atom is -0.465 e. The first-order valence-corrected chi connectivity index (χ1v) is 8.06. The number of carbonyl (C=O) groups excluding carboxylic acids is 3. The van der Waals surface area contributed by atoms with Gasteiger partial charge in [-0.15, -0.1) is 0 Å². The highest BCUT2D eigenvalue weighted by Crippen LogP contribution is 2.29. The van der Waals surface area contributed by atoms with E-state index in [1.807, 2.05) is 0 Å². The highest BCUT2D eigenvalue weighted by atomic mass is 19.4. The molecule has 0 spiro atoms. The van der Waals surface area contributed by atoms with Gasteiger partial charge in [-0.1, -0.05) is 18.2 Å². The topological polar surface area (TPSA) is 98.5 Å². The van der Waals surface area contributed by atoms with Gasteiger partial charge in [-0.25, -0.2) is 4.79 Å². The predicted molar refractivity (Wildman–Crippen MR) is 93.4 cm³/mol. The lowest BCUT2D eigenvalue weighted by Gasteiger charge is -2.16. The third kappa shape index (κ3) is 5.32. The number of ether oxygens (including phenoxy) is 1. The second kappa shape index (κ2) is 8.55. The third-order valence-electron chi connectivity index (χ3n) is 3.92. The standard InChI is InChI=1S/C19H17F3N2O4/c1-28-18(27)13-4-2-3-12(10-13)17(26)24-15(16(23)25)9-11-5-7-14(8-6-11)19(20,21)22/h2-8,10,15H,9H2,1H3,(H2,23,25)(H,24,26)/t15-/m0/s1. The normalized spacial score (nSPS) is 12.1. The number of amides is 2. The minimum absolute atomic E-state index is 0.0874. The molecule has 0 saturated heterocycles. The van der Waals surface area contributed by atoms with E-state index in [4.69, 9.17) is 5.73 Å². The molecule has 0 unspecified atom stereocenters. The van der Waals surface area contributed by atoms with Crippen LogP contribution in [0.15, 0.2) is 48.5 Å². The molecular formula is C19H17F3N2O4. The molecule has 0 bridgehead atoms. The van der Waals surface area contributed by atoms with Crippen LogP contribution < -0.4 is 11.1 Å². The number of carbonyl (C=O) groups is 3. The van der Waals surface area contributed by atoms with Gasteiger partial charge in [0, 0.05) is 12.0 Å². The molecule has 148 valence electrons. The molecule has 0 aromatic heterocycles. The first kappa shape index (κ1) is 20.9. The molecule has 1 atom stereocenters. The summed E-state index contributed by atoms with van der Waals surface area (Å²) in [7, 11) is 1.20. The van der Waals surface area contributed by atoms with Crippen LogP contribution >= 0.6 is 0 Å². The van der Waals surface area contributed by atoms with Crippen molar-refractivity contribution in [3.63, 3.8) is 0 Å². The summed E-state index contributed by atoms with van der Waals surface area (Å²) in [4.78, 5) is 35.6. The second-order valence-corrected chi connectivity index (χ2v) is 5.90. The fraction of sp³-hybridized carbons (Fsp3) is 0.211. The highest BCUT2D eigenvalue weighted by Gasteiger charge is 2.30. The Morgan fingerprint density at radius 2 is 1.68 bits per heavy atom. The third-order valence-corrected chi connectivity index (χ3v) is 3.92.